The number of hydrogen-bond donors (Lipinski definition) is 2. The first-order valence-electron chi connectivity index (χ1n) is 9.66. The number of carbonyl (C=O) groups excluding carboxylic acids is 1. The molecule has 0 spiro atoms. The van der Waals surface area contributed by atoms with E-state index in [9.17, 15) is 4.79 Å². The molecule has 0 saturated carbocycles. The van der Waals surface area contributed by atoms with Crippen LogP contribution in [0.4, 0.5) is 0 Å². The SMILES string of the molecule is O=C(NN=C1CC(c2ccccc2)NC(c2ccccc2)C1)c1ccc(Cl)cc1. The van der Waals surface area contributed by atoms with Gasteiger partial charge in [-0.1, -0.05) is 72.3 Å². The number of piperidine rings is 1. The number of carbonyl (C=O) groups is 1. The summed E-state index contributed by atoms with van der Waals surface area (Å²) in [5.41, 5.74) is 6.64. The number of nitrogens with one attached hydrogen (secondary N) is 2. The normalized spacial score (nSPS) is 18.9. The summed E-state index contributed by atoms with van der Waals surface area (Å²) >= 11 is 5.90. The largest absolute Gasteiger partial charge is 0.302 e. The summed E-state index contributed by atoms with van der Waals surface area (Å²) in [4.78, 5) is 12.4. The molecule has 2 N–H and O–H groups in total. The van der Waals surface area contributed by atoms with E-state index in [1.807, 2.05) is 36.4 Å². The van der Waals surface area contributed by atoms with Gasteiger partial charge in [0.2, 0.25) is 0 Å². The molecule has 3 aromatic rings. The maximum absolute atomic E-state index is 12.4. The Morgan fingerprint density at radius 3 is 1.86 bits per heavy atom. The van der Waals surface area contributed by atoms with Crippen LogP contribution >= 0.6 is 11.6 Å². The summed E-state index contributed by atoms with van der Waals surface area (Å²) in [5.74, 6) is -0.236. The summed E-state index contributed by atoms with van der Waals surface area (Å²) in [6.45, 7) is 0. The molecule has 146 valence electrons. The molecule has 1 fully saturated rings. The Morgan fingerprint density at radius 1 is 0.828 bits per heavy atom. The Morgan fingerprint density at radius 2 is 1.34 bits per heavy atom. The monoisotopic (exact) mass is 403 g/mol. The molecule has 0 aromatic heterocycles. The minimum Gasteiger partial charge on any atom is -0.302 e. The molecule has 1 heterocycles. The van der Waals surface area contributed by atoms with Crippen molar-refractivity contribution in [2.75, 3.05) is 0 Å². The van der Waals surface area contributed by atoms with Crippen LogP contribution in [0.25, 0.3) is 0 Å². The van der Waals surface area contributed by atoms with Gasteiger partial charge in [-0.15, -0.1) is 0 Å². The molecule has 2 atom stereocenters. The van der Waals surface area contributed by atoms with Crippen LogP contribution in [-0.2, 0) is 0 Å². The minimum atomic E-state index is -0.236. The van der Waals surface area contributed by atoms with Gasteiger partial charge in [0.1, 0.15) is 0 Å². The maximum atomic E-state index is 12.4. The molecule has 2 unspecified atom stereocenters. The molecule has 1 saturated heterocycles. The highest BCUT2D eigenvalue weighted by molar-refractivity contribution is 6.30. The van der Waals surface area contributed by atoms with Gasteiger partial charge < -0.3 is 5.32 Å². The number of hydrazone groups is 1. The Bertz CT molecular complexity index is 938. The van der Waals surface area contributed by atoms with Crippen LogP contribution in [-0.4, -0.2) is 11.6 Å². The molecule has 3 aromatic carbocycles. The number of benzene rings is 3. The fourth-order valence-corrected chi connectivity index (χ4v) is 3.73. The van der Waals surface area contributed by atoms with Gasteiger partial charge in [-0.05, 0) is 35.4 Å². The molecule has 29 heavy (non-hydrogen) atoms. The third-order valence-corrected chi connectivity index (χ3v) is 5.36. The van der Waals surface area contributed by atoms with Crippen LogP contribution in [0.15, 0.2) is 90.0 Å². The second-order valence-electron chi connectivity index (χ2n) is 7.13. The number of nitrogens with zero attached hydrogens (tertiary/aromatic N) is 1. The van der Waals surface area contributed by atoms with Crippen molar-refractivity contribution < 1.29 is 4.79 Å². The van der Waals surface area contributed by atoms with Crippen LogP contribution in [0.3, 0.4) is 0 Å². The molecule has 1 aliphatic heterocycles. The first-order chi connectivity index (χ1) is 14.2. The smallest absolute Gasteiger partial charge is 0.271 e. The molecule has 0 aliphatic carbocycles. The second kappa shape index (κ2) is 9.03. The summed E-state index contributed by atoms with van der Waals surface area (Å²) in [6, 6.07) is 27.8. The van der Waals surface area contributed by atoms with E-state index in [1.165, 1.54) is 11.1 Å². The minimum absolute atomic E-state index is 0.140. The van der Waals surface area contributed by atoms with Gasteiger partial charge in [0.05, 0.1) is 0 Å². The first-order valence-corrected chi connectivity index (χ1v) is 10.0. The van der Waals surface area contributed by atoms with Gasteiger partial charge >= 0.3 is 0 Å². The molecule has 5 heteroatoms. The lowest BCUT2D eigenvalue weighted by atomic mass is 9.89. The Kier molecular flexibility index (Phi) is 6.03. The van der Waals surface area contributed by atoms with E-state index in [2.05, 4.69) is 40.1 Å². The Balaban J connectivity index is 1.55. The number of halogens is 1. The van der Waals surface area contributed by atoms with Gasteiger partial charge in [0, 0.05) is 41.2 Å². The van der Waals surface area contributed by atoms with Crippen molar-refractivity contribution in [3.8, 4) is 0 Å². The fourth-order valence-electron chi connectivity index (χ4n) is 3.60. The molecule has 0 bridgehead atoms. The van der Waals surface area contributed by atoms with E-state index in [0.717, 1.165) is 18.6 Å². The van der Waals surface area contributed by atoms with Crippen LogP contribution in [0.1, 0.15) is 46.4 Å². The zero-order valence-corrected chi connectivity index (χ0v) is 16.6. The predicted molar refractivity (Wildman–Crippen MR) is 117 cm³/mol. The fraction of sp³-hybridized carbons (Fsp3) is 0.167. The average Bonchev–Trinajstić information content (AvgIpc) is 2.79. The van der Waals surface area contributed by atoms with Crippen molar-refractivity contribution in [3.63, 3.8) is 0 Å². The van der Waals surface area contributed by atoms with Crippen LogP contribution in [0.2, 0.25) is 5.02 Å². The zero-order valence-electron chi connectivity index (χ0n) is 15.9. The van der Waals surface area contributed by atoms with E-state index in [-0.39, 0.29) is 18.0 Å². The zero-order chi connectivity index (χ0) is 20.1. The third kappa shape index (κ3) is 4.91. The van der Waals surface area contributed by atoms with Gasteiger partial charge in [0.25, 0.3) is 5.91 Å². The van der Waals surface area contributed by atoms with Crippen molar-refractivity contribution in [1.82, 2.24) is 10.7 Å². The third-order valence-electron chi connectivity index (χ3n) is 5.11. The molecule has 1 aliphatic rings. The lowest BCUT2D eigenvalue weighted by Gasteiger charge is -2.32. The van der Waals surface area contributed by atoms with Crippen molar-refractivity contribution in [2.24, 2.45) is 5.10 Å². The van der Waals surface area contributed by atoms with Gasteiger partial charge in [-0.2, -0.15) is 5.10 Å². The van der Waals surface area contributed by atoms with Crippen molar-refractivity contribution in [2.45, 2.75) is 24.9 Å². The van der Waals surface area contributed by atoms with Gasteiger partial charge in [-0.25, -0.2) is 5.43 Å². The van der Waals surface area contributed by atoms with E-state index >= 15 is 0 Å². The molecular formula is C24H22ClN3O. The Labute approximate surface area is 175 Å². The first kappa shape index (κ1) is 19.4. The number of rotatable bonds is 4. The van der Waals surface area contributed by atoms with E-state index in [4.69, 9.17) is 11.6 Å². The van der Waals surface area contributed by atoms with Crippen molar-refractivity contribution in [1.29, 1.82) is 0 Å². The summed E-state index contributed by atoms with van der Waals surface area (Å²) in [6.07, 6.45) is 1.49. The van der Waals surface area contributed by atoms with E-state index in [1.54, 1.807) is 24.3 Å². The lowest BCUT2D eigenvalue weighted by Crippen LogP contribution is -2.36. The molecular weight excluding hydrogens is 382 g/mol. The average molecular weight is 404 g/mol. The predicted octanol–water partition coefficient (Wildman–Crippen LogP) is 5.29. The van der Waals surface area contributed by atoms with Crippen molar-refractivity contribution in [3.05, 3.63) is 107 Å². The van der Waals surface area contributed by atoms with Crippen LogP contribution < -0.4 is 10.7 Å². The van der Waals surface area contributed by atoms with E-state index < -0.39 is 0 Å². The summed E-state index contributed by atoms with van der Waals surface area (Å²) in [5, 5.41) is 8.81. The molecule has 1 amide bonds. The van der Waals surface area contributed by atoms with Crippen LogP contribution in [0.5, 0.6) is 0 Å². The quantitative estimate of drug-likeness (QED) is 0.581. The lowest BCUT2D eigenvalue weighted by molar-refractivity contribution is 0.0954. The molecule has 4 nitrogen and oxygen atoms in total. The number of amides is 1. The van der Waals surface area contributed by atoms with Crippen LogP contribution in [0, 0.1) is 0 Å². The van der Waals surface area contributed by atoms with Gasteiger partial charge in [-0.3, -0.25) is 4.79 Å². The molecule has 4 rings (SSSR count). The highest BCUT2D eigenvalue weighted by Crippen LogP contribution is 2.31. The summed E-state index contributed by atoms with van der Waals surface area (Å²) in [7, 11) is 0. The van der Waals surface area contributed by atoms with E-state index in [0.29, 0.717) is 10.6 Å². The highest BCUT2D eigenvalue weighted by Gasteiger charge is 2.27. The number of hydrogen-bond acceptors (Lipinski definition) is 3. The van der Waals surface area contributed by atoms with Crippen molar-refractivity contribution >= 4 is 23.2 Å². The summed E-state index contributed by atoms with van der Waals surface area (Å²) < 4.78 is 0. The maximum Gasteiger partial charge on any atom is 0.271 e. The Hall–Kier alpha value is -2.95. The van der Waals surface area contributed by atoms with Gasteiger partial charge in [0.15, 0.2) is 0 Å². The highest BCUT2D eigenvalue weighted by atomic mass is 35.5. The second-order valence-corrected chi connectivity index (χ2v) is 7.56. The topological polar surface area (TPSA) is 53.5 Å². The standard InChI is InChI=1S/C24H22ClN3O/c25-20-13-11-19(12-14-20)24(29)28-27-21-15-22(17-7-3-1-4-8-17)26-23(16-21)18-9-5-2-6-10-18/h1-14,22-23,26H,15-16H2,(H,28,29). The molecule has 0 radical (unpaired) electrons.